The summed E-state index contributed by atoms with van der Waals surface area (Å²) in [5.74, 6) is -1.03. The summed E-state index contributed by atoms with van der Waals surface area (Å²) in [4.78, 5) is 18.5. The Hall–Kier alpha value is -1.61. The van der Waals surface area contributed by atoms with Crippen molar-refractivity contribution in [3.8, 4) is 0 Å². The summed E-state index contributed by atoms with van der Waals surface area (Å²) in [6, 6.07) is 10.7. The largest absolute Gasteiger partial charge is 0.316 e. The Bertz CT molecular complexity index is 1120. The molecule has 29 heavy (non-hydrogen) atoms. The number of fused-ring (bicyclic) bond motifs is 1. The molecule has 0 aromatic heterocycles. The van der Waals surface area contributed by atoms with Gasteiger partial charge in [0, 0.05) is 16.0 Å². The first-order valence-corrected chi connectivity index (χ1v) is 12.2. The van der Waals surface area contributed by atoms with Gasteiger partial charge in [0.15, 0.2) is 15.0 Å². The van der Waals surface area contributed by atoms with Crippen LogP contribution in [0.2, 0.25) is 10.0 Å². The molecule has 2 aliphatic rings. The fourth-order valence-electron chi connectivity index (χ4n) is 3.45. The van der Waals surface area contributed by atoms with Crippen LogP contribution in [-0.4, -0.2) is 42.3 Å². The lowest BCUT2D eigenvalue weighted by molar-refractivity contribution is -0.117. The Morgan fingerprint density at radius 2 is 1.93 bits per heavy atom. The van der Waals surface area contributed by atoms with E-state index in [2.05, 4.69) is 4.99 Å². The second-order valence-electron chi connectivity index (χ2n) is 6.83. The number of aliphatic imine (C=N–C) groups is 1. The summed E-state index contributed by atoms with van der Waals surface area (Å²) in [6.07, 6.45) is 0.0232. The number of thioether (sulfide) groups is 1. The van der Waals surface area contributed by atoms with Crippen molar-refractivity contribution in [1.29, 1.82) is 0 Å². The molecule has 0 N–H and O–H groups in total. The van der Waals surface area contributed by atoms with E-state index in [1.165, 1.54) is 30.0 Å². The van der Waals surface area contributed by atoms with Crippen LogP contribution in [0.3, 0.4) is 0 Å². The van der Waals surface area contributed by atoms with E-state index < -0.39 is 27.6 Å². The number of hydrogen-bond donors (Lipinski definition) is 0. The molecule has 0 bridgehead atoms. The maximum atomic E-state index is 13.6. The third-order valence-corrected chi connectivity index (χ3v) is 8.64. The average Bonchev–Trinajstić information content (AvgIpc) is 3.10. The molecule has 2 atom stereocenters. The number of anilines is 1. The first kappa shape index (κ1) is 20.7. The topological polar surface area (TPSA) is 66.8 Å². The van der Waals surface area contributed by atoms with Gasteiger partial charge in [0.1, 0.15) is 5.82 Å². The lowest BCUT2D eigenvalue weighted by Crippen LogP contribution is -2.37. The van der Waals surface area contributed by atoms with Gasteiger partial charge < -0.3 is 4.90 Å². The van der Waals surface area contributed by atoms with Crippen molar-refractivity contribution < 1.29 is 17.6 Å². The van der Waals surface area contributed by atoms with Crippen molar-refractivity contribution in [1.82, 2.24) is 0 Å². The van der Waals surface area contributed by atoms with E-state index in [0.29, 0.717) is 21.4 Å². The Morgan fingerprint density at radius 1 is 1.17 bits per heavy atom. The highest BCUT2D eigenvalue weighted by Gasteiger charge is 2.49. The van der Waals surface area contributed by atoms with Crippen molar-refractivity contribution in [3.63, 3.8) is 0 Å². The monoisotopic (exact) mass is 472 g/mol. The number of carbonyl (C=O) groups excluding carboxylic acids is 1. The first-order valence-electron chi connectivity index (χ1n) is 8.70. The summed E-state index contributed by atoms with van der Waals surface area (Å²) in [6.45, 7) is 0. The third-order valence-electron chi connectivity index (χ3n) is 4.77. The number of sulfone groups is 1. The molecule has 0 aliphatic carbocycles. The van der Waals surface area contributed by atoms with Crippen molar-refractivity contribution in [2.45, 2.75) is 17.7 Å². The number of nitrogens with zero attached hydrogens (tertiary/aromatic N) is 2. The zero-order valence-electron chi connectivity index (χ0n) is 14.9. The third kappa shape index (κ3) is 4.30. The number of amides is 1. The van der Waals surface area contributed by atoms with Crippen molar-refractivity contribution in [2.24, 2.45) is 4.99 Å². The molecule has 2 aliphatic heterocycles. The second kappa shape index (κ2) is 7.91. The molecule has 2 aromatic carbocycles. The molecule has 2 heterocycles. The first-order chi connectivity index (χ1) is 13.7. The number of amidine groups is 1. The normalized spacial score (nSPS) is 24.1. The zero-order chi connectivity index (χ0) is 20.8. The summed E-state index contributed by atoms with van der Waals surface area (Å²) < 4.78 is 37.8. The van der Waals surface area contributed by atoms with Gasteiger partial charge in [0.25, 0.3) is 5.91 Å². The predicted molar refractivity (Wildman–Crippen MR) is 115 cm³/mol. The Morgan fingerprint density at radius 3 is 2.66 bits per heavy atom. The fourth-order valence-corrected chi connectivity index (χ4v) is 7.76. The van der Waals surface area contributed by atoms with Gasteiger partial charge in [-0.25, -0.2) is 12.8 Å². The van der Waals surface area contributed by atoms with Crippen LogP contribution in [0.25, 0.3) is 0 Å². The van der Waals surface area contributed by atoms with Crippen LogP contribution < -0.4 is 4.90 Å². The van der Waals surface area contributed by atoms with Crippen LogP contribution in [0.5, 0.6) is 0 Å². The van der Waals surface area contributed by atoms with Crippen LogP contribution >= 0.6 is 35.0 Å². The van der Waals surface area contributed by atoms with Gasteiger partial charge in [-0.1, -0.05) is 53.2 Å². The van der Waals surface area contributed by atoms with Gasteiger partial charge >= 0.3 is 0 Å². The van der Waals surface area contributed by atoms with E-state index in [1.807, 2.05) is 0 Å². The Labute approximate surface area is 181 Å². The molecule has 5 nitrogen and oxygen atoms in total. The standard InChI is InChI=1S/C19H15Cl2FN2O3S2/c20-13-4-2-1-3-11(13)7-18(25)23-19-24(12-5-6-15(22)14(21)8-12)16-9-29(26,27)10-17(16)28-19/h1-6,8,16-17H,7,9-10H2. The van der Waals surface area contributed by atoms with Gasteiger partial charge in [-0.3, -0.25) is 4.79 Å². The lowest BCUT2D eigenvalue weighted by atomic mass is 10.1. The minimum absolute atomic E-state index is 0.00544. The van der Waals surface area contributed by atoms with Gasteiger partial charge in [-0.05, 0) is 29.8 Å². The number of benzene rings is 2. The quantitative estimate of drug-likeness (QED) is 0.675. The fraction of sp³-hybridized carbons (Fsp3) is 0.263. The molecule has 2 aromatic rings. The molecule has 2 fully saturated rings. The second-order valence-corrected chi connectivity index (χ2v) is 11.0. The molecule has 0 spiro atoms. The highest BCUT2D eigenvalue weighted by Crippen LogP contribution is 2.41. The lowest BCUT2D eigenvalue weighted by Gasteiger charge is -2.24. The zero-order valence-corrected chi connectivity index (χ0v) is 18.0. The van der Waals surface area contributed by atoms with Crippen molar-refractivity contribution in [3.05, 3.63) is 63.9 Å². The van der Waals surface area contributed by atoms with E-state index >= 15 is 0 Å². The molecule has 4 rings (SSSR count). The van der Waals surface area contributed by atoms with Crippen LogP contribution in [0, 0.1) is 5.82 Å². The Balaban J connectivity index is 1.67. The summed E-state index contributed by atoms with van der Waals surface area (Å²) in [5.41, 5.74) is 1.16. The van der Waals surface area contributed by atoms with Crippen molar-refractivity contribution >= 4 is 61.6 Å². The van der Waals surface area contributed by atoms with Crippen LogP contribution in [0.15, 0.2) is 47.5 Å². The maximum absolute atomic E-state index is 13.6. The van der Waals surface area contributed by atoms with Gasteiger partial charge in [0.2, 0.25) is 0 Å². The Kier molecular flexibility index (Phi) is 5.63. The summed E-state index contributed by atoms with van der Waals surface area (Å²) in [7, 11) is -3.20. The van der Waals surface area contributed by atoms with Gasteiger partial charge in [-0.2, -0.15) is 4.99 Å². The SMILES string of the molecule is O=C(Cc1ccccc1Cl)N=C1SC2CS(=O)(=O)CC2N1c1ccc(F)c(Cl)c1. The number of carbonyl (C=O) groups is 1. The van der Waals surface area contributed by atoms with Crippen LogP contribution in [-0.2, 0) is 21.1 Å². The van der Waals surface area contributed by atoms with E-state index in [4.69, 9.17) is 23.2 Å². The van der Waals surface area contributed by atoms with Crippen molar-refractivity contribution in [2.75, 3.05) is 16.4 Å². The molecule has 10 heteroatoms. The molecule has 2 unspecified atom stereocenters. The van der Waals surface area contributed by atoms with E-state index in [9.17, 15) is 17.6 Å². The number of halogens is 3. The van der Waals surface area contributed by atoms with Gasteiger partial charge in [-0.15, -0.1) is 0 Å². The molecule has 1 amide bonds. The molecule has 2 saturated heterocycles. The minimum atomic E-state index is -3.20. The van der Waals surface area contributed by atoms with Crippen LogP contribution in [0.1, 0.15) is 5.56 Å². The summed E-state index contributed by atoms with van der Waals surface area (Å²) >= 11 is 13.3. The van der Waals surface area contributed by atoms with Crippen LogP contribution in [0.4, 0.5) is 10.1 Å². The van der Waals surface area contributed by atoms with E-state index in [0.717, 1.165) is 0 Å². The average molecular weight is 473 g/mol. The molecule has 0 radical (unpaired) electrons. The highest BCUT2D eigenvalue weighted by molar-refractivity contribution is 8.16. The van der Waals surface area contributed by atoms with E-state index in [-0.39, 0.29) is 28.2 Å². The predicted octanol–water partition coefficient (Wildman–Crippen LogP) is 3.98. The maximum Gasteiger partial charge on any atom is 0.252 e. The smallest absolute Gasteiger partial charge is 0.252 e. The summed E-state index contributed by atoms with van der Waals surface area (Å²) in [5, 5.41) is 0.522. The van der Waals surface area contributed by atoms with Gasteiger partial charge in [0.05, 0.1) is 29.0 Å². The molecule has 152 valence electrons. The molecular weight excluding hydrogens is 458 g/mol. The highest BCUT2D eigenvalue weighted by atomic mass is 35.5. The van der Waals surface area contributed by atoms with E-state index in [1.54, 1.807) is 29.2 Å². The minimum Gasteiger partial charge on any atom is -0.316 e. The number of hydrogen-bond acceptors (Lipinski definition) is 4. The number of rotatable bonds is 3. The molecule has 0 saturated carbocycles. The molecular formula is C19H15Cl2FN2O3S2.